The number of carboxylic acid groups (broad SMARTS) is 1. The number of ether oxygens (including phenoxy) is 1. The van der Waals surface area contributed by atoms with Gasteiger partial charge < -0.3 is 19.7 Å². The van der Waals surface area contributed by atoms with Gasteiger partial charge in [0.1, 0.15) is 17.1 Å². The van der Waals surface area contributed by atoms with Crippen molar-refractivity contribution in [3.8, 4) is 28.0 Å². The third-order valence-electron chi connectivity index (χ3n) is 9.11. The highest BCUT2D eigenvalue weighted by molar-refractivity contribution is 6.36. The van der Waals surface area contributed by atoms with Crippen LogP contribution in [-0.4, -0.2) is 51.2 Å². The van der Waals surface area contributed by atoms with Crippen LogP contribution >= 0.6 is 11.6 Å². The van der Waals surface area contributed by atoms with Gasteiger partial charge in [-0.15, -0.1) is 0 Å². The molecule has 0 atom stereocenters. The third-order valence-corrected chi connectivity index (χ3v) is 9.51. The first-order valence-corrected chi connectivity index (χ1v) is 15.4. The molecule has 0 aliphatic carbocycles. The maximum Gasteiger partial charge on any atom is 0.330 e. The van der Waals surface area contributed by atoms with Gasteiger partial charge in [0.2, 0.25) is 0 Å². The largest absolute Gasteiger partial charge is 0.496 e. The molecular weight excluding hydrogens is 627 g/mol. The Bertz CT molecular complexity index is 2010. The standard InChI is InChI=1S/C35H36ClFN4O6/c1-20-22(8-7-11-28(20)38-31(42)26-18-39(3)34(46)40(4)32(26)43)24-10-6-9-23(30(24)36)21-16-27(37)25(29(17-21)47-5)19-41-14-12-35(2,13-15-41)33(44)45/h6-11,16-18H,12-15,19H2,1-5H3,(H,38,42)(H,44,45). The maximum absolute atomic E-state index is 15.7. The molecule has 1 amide bonds. The number of aromatic nitrogens is 2. The Morgan fingerprint density at radius 3 is 2.34 bits per heavy atom. The summed E-state index contributed by atoms with van der Waals surface area (Å²) in [4.78, 5) is 51.5. The summed E-state index contributed by atoms with van der Waals surface area (Å²) in [6.07, 6.45) is 2.16. The minimum Gasteiger partial charge on any atom is -0.496 e. The number of carbonyl (C=O) groups excluding carboxylic acids is 1. The molecule has 1 fully saturated rings. The first-order chi connectivity index (χ1) is 22.2. The number of halogens is 2. The number of methoxy groups -OCH3 is 1. The molecule has 47 heavy (non-hydrogen) atoms. The highest BCUT2D eigenvalue weighted by Crippen LogP contribution is 2.41. The smallest absolute Gasteiger partial charge is 0.330 e. The van der Waals surface area contributed by atoms with Crippen LogP contribution in [0.5, 0.6) is 5.75 Å². The van der Waals surface area contributed by atoms with Crippen molar-refractivity contribution in [2.24, 2.45) is 19.5 Å². The SMILES string of the molecule is COc1cc(-c2cccc(-c3cccc(NC(=O)c4cn(C)c(=O)n(C)c4=O)c3C)c2Cl)cc(F)c1CN1CCC(C)(C(=O)O)CC1. The first-order valence-electron chi connectivity index (χ1n) is 15.0. The van der Waals surface area contributed by atoms with Crippen LogP contribution < -0.4 is 21.3 Å². The Morgan fingerprint density at radius 1 is 1.04 bits per heavy atom. The van der Waals surface area contributed by atoms with Gasteiger partial charge in [0.15, 0.2) is 0 Å². The van der Waals surface area contributed by atoms with Crippen molar-refractivity contribution in [2.75, 3.05) is 25.5 Å². The van der Waals surface area contributed by atoms with E-state index in [1.54, 1.807) is 37.3 Å². The van der Waals surface area contributed by atoms with Gasteiger partial charge in [-0.3, -0.25) is 23.9 Å². The van der Waals surface area contributed by atoms with Gasteiger partial charge in [-0.25, -0.2) is 9.18 Å². The second kappa shape index (κ2) is 13.2. The van der Waals surface area contributed by atoms with Gasteiger partial charge in [-0.1, -0.05) is 41.9 Å². The predicted molar refractivity (Wildman–Crippen MR) is 179 cm³/mol. The molecule has 2 heterocycles. The van der Waals surface area contributed by atoms with Crippen LogP contribution in [0.4, 0.5) is 10.1 Å². The average Bonchev–Trinajstić information content (AvgIpc) is 3.04. The number of hydrogen-bond acceptors (Lipinski definition) is 6. The van der Waals surface area contributed by atoms with E-state index in [9.17, 15) is 24.3 Å². The van der Waals surface area contributed by atoms with Crippen LogP contribution in [0.15, 0.2) is 64.3 Å². The Kier molecular flexibility index (Phi) is 9.42. The lowest BCUT2D eigenvalue weighted by atomic mass is 9.80. The summed E-state index contributed by atoms with van der Waals surface area (Å²) in [7, 11) is 4.25. The van der Waals surface area contributed by atoms with E-state index in [4.69, 9.17) is 16.3 Å². The van der Waals surface area contributed by atoms with E-state index in [0.717, 1.165) is 4.57 Å². The summed E-state index contributed by atoms with van der Waals surface area (Å²) in [5.41, 5.74) is 1.75. The number of aliphatic carboxylic acids is 1. The lowest BCUT2D eigenvalue weighted by Crippen LogP contribution is -2.42. The minimum absolute atomic E-state index is 0.183. The fourth-order valence-electron chi connectivity index (χ4n) is 5.92. The first kappa shape index (κ1) is 33.6. The zero-order valence-corrected chi connectivity index (χ0v) is 27.6. The van der Waals surface area contributed by atoms with Crippen LogP contribution in [0.3, 0.4) is 0 Å². The van der Waals surface area contributed by atoms with Crippen LogP contribution in [0.2, 0.25) is 5.02 Å². The Labute approximate surface area is 276 Å². The highest BCUT2D eigenvalue weighted by Gasteiger charge is 2.37. The quantitative estimate of drug-likeness (QED) is 0.257. The normalized spacial score (nSPS) is 14.5. The van der Waals surface area contributed by atoms with Crippen LogP contribution in [0.25, 0.3) is 22.3 Å². The van der Waals surface area contributed by atoms with E-state index in [-0.39, 0.29) is 12.1 Å². The maximum atomic E-state index is 15.7. The number of nitrogens with zero attached hydrogens (tertiary/aromatic N) is 3. The second-order valence-corrected chi connectivity index (χ2v) is 12.6. The summed E-state index contributed by atoms with van der Waals surface area (Å²) < 4.78 is 23.4. The number of carbonyl (C=O) groups is 2. The van der Waals surface area contributed by atoms with Crippen molar-refractivity contribution in [2.45, 2.75) is 33.2 Å². The number of nitrogens with one attached hydrogen (secondary N) is 1. The molecule has 1 aliphatic rings. The molecule has 4 aromatic rings. The monoisotopic (exact) mass is 662 g/mol. The lowest BCUT2D eigenvalue weighted by Gasteiger charge is -2.36. The van der Waals surface area contributed by atoms with Crippen molar-refractivity contribution >= 4 is 29.2 Å². The molecule has 3 aromatic carbocycles. The second-order valence-electron chi connectivity index (χ2n) is 12.2. The zero-order valence-electron chi connectivity index (χ0n) is 26.8. The van der Waals surface area contributed by atoms with Gasteiger partial charge in [-0.05, 0) is 74.7 Å². The van der Waals surface area contributed by atoms with Crippen LogP contribution in [0.1, 0.15) is 41.3 Å². The van der Waals surface area contributed by atoms with Crippen molar-refractivity contribution in [1.82, 2.24) is 14.0 Å². The number of hydrogen-bond donors (Lipinski definition) is 2. The van der Waals surface area contributed by atoms with E-state index in [1.165, 1.54) is 38.0 Å². The van der Waals surface area contributed by atoms with Crippen molar-refractivity contribution in [3.63, 3.8) is 0 Å². The summed E-state index contributed by atoms with van der Waals surface area (Å²) in [5, 5.41) is 12.7. The molecule has 1 saturated heterocycles. The number of anilines is 1. The summed E-state index contributed by atoms with van der Waals surface area (Å²) >= 11 is 6.99. The van der Waals surface area contributed by atoms with Gasteiger partial charge in [0.25, 0.3) is 11.5 Å². The molecular formula is C35H36ClFN4O6. The molecule has 0 spiro atoms. The third kappa shape index (κ3) is 6.45. The molecule has 0 bridgehead atoms. The molecule has 1 aromatic heterocycles. The molecule has 0 saturated carbocycles. The Morgan fingerprint density at radius 2 is 1.68 bits per heavy atom. The van der Waals surface area contributed by atoms with E-state index in [1.807, 2.05) is 24.0 Å². The van der Waals surface area contributed by atoms with Gasteiger partial charge in [-0.2, -0.15) is 0 Å². The summed E-state index contributed by atoms with van der Waals surface area (Å²) in [6, 6.07) is 13.9. The molecule has 0 unspecified atom stereocenters. The zero-order chi connectivity index (χ0) is 34.2. The van der Waals surface area contributed by atoms with Crippen molar-refractivity contribution < 1.29 is 23.8 Å². The molecule has 246 valence electrons. The van der Waals surface area contributed by atoms with Gasteiger partial charge in [0, 0.05) is 49.2 Å². The molecule has 5 rings (SSSR count). The predicted octanol–water partition coefficient (Wildman–Crippen LogP) is 5.47. The molecule has 2 N–H and O–H groups in total. The van der Waals surface area contributed by atoms with Gasteiger partial charge >= 0.3 is 11.7 Å². The number of amides is 1. The molecule has 1 aliphatic heterocycles. The fourth-order valence-corrected chi connectivity index (χ4v) is 6.26. The Hall–Kier alpha value is -4.74. The van der Waals surface area contributed by atoms with E-state index >= 15 is 4.39 Å². The molecule has 0 radical (unpaired) electrons. The average molecular weight is 663 g/mol. The number of benzene rings is 3. The molecule has 10 nitrogen and oxygen atoms in total. The topological polar surface area (TPSA) is 123 Å². The van der Waals surface area contributed by atoms with E-state index < -0.39 is 34.4 Å². The number of aryl methyl sites for hydroxylation is 1. The summed E-state index contributed by atoms with van der Waals surface area (Å²) in [6.45, 7) is 4.89. The van der Waals surface area contributed by atoms with Crippen molar-refractivity contribution in [1.29, 1.82) is 0 Å². The number of piperidine rings is 1. The summed E-state index contributed by atoms with van der Waals surface area (Å²) in [5.74, 6) is -1.58. The number of carboxylic acids is 1. The van der Waals surface area contributed by atoms with Crippen molar-refractivity contribution in [3.05, 3.63) is 103 Å². The van der Waals surface area contributed by atoms with Crippen LogP contribution in [-0.2, 0) is 25.4 Å². The highest BCUT2D eigenvalue weighted by atomic mass is 35.5. The minimum atomic E-state index is -0.815. The number of likely N-dealkylation sites (tertiary alicyclic amines) is 1. The van der Waals surface area contributed by atoms with Gasteiger partial charge in [0.05, 0.1) is 17.5 Å². The van der Waals surface area contributed by atoms with E-state index in [0.29, 0.717) is 75.8 Å². The van der Waals surface area contributed by atoms with E-state index in [2.05, 4.69) is 5.32 Å². The fraction of sp³-hybridized carbons (Fsp3) is 0.314. The number of rotatable bonds is 8. The van der Waals surface area contributed by atoms with Crippen LogP contribution in [0, 0.1) is 18.2 Å². The molecule has 12 heteroatoms. The Balaban J connectivity index is 1.44. The lowest BCUT2D eigenvalue weighted by molar-refractivity contribution is -0.150.